The molecule has 27 heavy (non-hydrogen) atoms. The Bertz CT molecular complexity index is 1240. The zero-order valence-corrected chi connectivity index (χ0v) is 15.5. The van der Waals surface area contributed by atoms with Crippen LogP contribution in [0.25, 0.3) is 22.1 Å². The van der Waals surface area contributed by atoms with Gasteiger partial charge in [0.25, 0.3) is 0 Å². The molecule has 5 heterocycles. The molecule has 1 saturated heterocycles. The predicted octanol–water partition coefficient (Wildman–Crippen LogP) is 2.62. The summed E-state index contributed by atoms with van der Waals surface area (Å²) in [6.45, 7) is 3.74. The lowest BCUT2D eigenvalue weighted by molar-refractivity contribution is 0.300. The van der Waals surface area contributed by atoms with Gasteiger partial charge in [0.2, 0.25) is 0 Å². The number of nitriles is 1. The molecule has 4 aromatic heterocycles. The van der Waals surface area contributed by atoms with Crippen LogP contribution in [0.3, 0.4) is 0 Å². The molecule has 0 saturated carbocycles. The number of nitrogens with zero attached hydrogens (tertiary/aromatic N) is 5. The van der Waals surface area contributed by atoms with E-state index in [2.05, 4.69) is 37.8 Å². The fraction of sp³-hybridized carbons (Fsp3) is 0.333. The molecule has 9 heteroatoms. The van der Waals surface area contributed by atoms with Crippen molar-refractivity contribution in [2.24, 2.45) is 5.92 Å². The first-order valence-corrected chi connectivity index (χ1v) is 9.64. The maximum Gasteiger partial charge on any atom is 0.326 e. The summed E-state index contributed by atoms with van der Waals surface area (Å²) in [6, 6.07) is 4.11. The Labute approximate surface area is 158 Å². The Hall–Kier alpha value is -3.12. The lowest BCUT2D eigenvalue weighted by atomic mass is 9.93. The molecule has 8 nitrogen and oxygen atoms in total. The molecule has 5 rings (SSSR count). The highest BCUT2D eigenvalue weighted by atomic mass is 32.1. The van der Waals surface area contributed by atoms with Gasteiger partial charge < -0.3 is 14.9 Å². The number of piperidine rings is 1. The van der Waals surface area contributed by atoms with E-state index in [0.717, 1.165) is 40.2 Å². The van der Waals surface area contributed by atoms with Crippen molar-refractivity contribution >= 4 is 38.5 Å². The minimum Gasteiger partial charge on any atom is -0.346 e. The maximum absolute atomic E-state index is 12.8. The van der Waals surface area contributed by atoms with Gasteiger partial charge in [-0.3, -0.25) is 4.57 Å². The fourth-order valence-corrected chi connectivity index (χ4v) is 4.71. The second kappa shape index (κ2) is 5.96. The van der Waals surface area contributed by atoms with Crippen LogP contribution >= 0.6 is 11.3 Å². The highest BCUT2D eigenvalue weighted by Gasteiger charge is 2.31. The van der Waals surface area contributed by atoms with Gasteiger partial charge in [-0.25, -0.2) is 14.8 Å². The third-order valence-corrected chi connectivity index (χ3v) is 6.35. The molecule has 4 aromatic rings. The van der Waals surface area contributed by atoms with Gasteiger partial charge in [-0.2, -0.15) is 5.26 Å². The SMILES string of the molecule is CC1CCN(c2ncc(C#N)s2)CC1n1c(=O)[nH]c2cnc3[nH]ccc3c21. The second-order valence-electron chi connectivity index (χ2n) is 6.96. The molecular formula is C18H17N7OS. The van der Waals surface area contributed by atoms with Gasteiger partial charge in [0.1, 0.15) is 16.6 Å². The number of aromatic amines is 2. The maximum atomic E-state index is 12.8. The summed E-state index contributed by atoms with van der Waals surface area (Å²) in [5, 5.41) is 10.9. The number of pyridine rings is 1. The quantitative estimate of drug-likeness (QED) is 0.557. The van der Waals surface area contributed by atoms with Crippen LogP contribution in [-0.4, -0.2) is 37.6 Å². The summed E-state index contributed by atoms with van der Waals surface area (Å²) in [6.07, 6.45) is 6.11. The standard InChI is InChI=1S/C18H17N7OS/c1-10-3-5-24(18-22-7-11(6-19)27-18)9-14(10)25-15-12-2-4-20-16(12)21-8-13(15)23-17(25)26/h2,4,7-8,10,14H,3,5,9H2,1H3,(H,20,21)(H,23,26). The number of imidazole rings is 1. The number of fused-ring (bicyclic) bond motifs is 3. The average molecular weight is 379 g/mol. The van der Waals surface area contributed by atoms with Gasteiger partial charge in [0.15, 0.2) is 5.13 Å². The van der Waals surface area contributed by atoms with Crippen LogP contribution in [0.5, 0.6) is 0 Å². The number of thiazole rings is 1. The van der Waals surface area contributed by atoms with Gasteiger partial charge >= 0.3 is 5.69 Å². The molecule has 0 bridgehead atoms. The minimum atomic E-state index is -0.115. The van der Waals surface area contributed by atoms with Gasteiger partial charge in [-0.1, -0.05) is 18.3 Å². The molecule has 1 aliphatic rings. The van der Waals surface area contributed by atoms with Crippen molar-refractivity contribution in [1.29, 1.82) is 5.26 Å². The summed E-state index contributed by atoms with van der Waals surface area (Å²) in [5.74, 6) is 0.343. The van der Waals surface area contributed by atoms with E-state index in [1.54, 1.807) is 12.4 Å². The molecule has 0 amide bonds. The molecule has 2 atom stereocenters. The third-order valence-electron chi connectivity index (χ3n) is 5.38. The zero-order valence-electron chi connectivity index (χ0n) is 14.6. The molecule has 0 spiro atoms. The van der Waals surface area contributed by atoms with E-state index in [0.29, 0.717) is 17.3 Å². The zero-order chi connectivity index (χ0) is 18.5. The first-order valence-electron chi connectivity index (χ1n) is 8.83. The number of anilines is 1. The molecule has 0 aromatic carbocycles. The van der Waals surface area contributed by atoms with E-state index in [4.69, 9.17) is 5.26 Å². The van der Waals surface area contributed by atoms with Crippen LogP contribution in [-0.2, 0) is 0 Å². The Kier molecular flexibility index (Phi) is 3.55. The number of aromatic nitrogens is 5. The van der Waals surface area contributed by atoms with Crippen molar-refractivity contribution in [3.8, 4) is 6.07 Å². The second-order valence-corrected chi connectivity index (χ2v) is 7.97. The van der Waals surface area contributed by atoms with E-state index in [1.807, 2.05) is 16.8 Å². The average Bonchev–Trinajstić information content (AvgIpc) is 3.39. The Balaban J connectivity index is 1.62. The van der Waals surface area contributed by atoms with Gasteiger partial charge in [0, 0.05) is 24.7 Å². The van der Waals surface area contributed by atoms with Crippen molar-refractivity contribution in [3.05, 3.63) is 40.0 Å². The van der Waals surface area contributed by atoms with E-state index in [1.165, 1.54) is 11.3 Å². The van der Waals surface area contributed by atoms with Crippen molar-refractivity contribution in [2.75, 3.05) is 18.0 Å². The highest BCUT2D eigenvalue weighted by molar-refractivity contribution is 7.16. The third kappa shape index (κ3) is 2.44. The number of H-pyrrole nitrogens is 2. The number of hydrogen-bond acceptors (Lipinski definition) is 6. The molecule has 1 fully saturated rings. The van der Waals surface area contributed by atoms with Crippen LogP contribution in [0.4, 0.5) is 5.13 Å². The number of nitrogens with one attached hydrogen (secondary N) is 2. The lowest BCUT2D eigenvalue weighted by Crippen LogP contribution is -2.43. The van der Waals surface area contributed by atoms with Crippen molar-refractivity contribution in [3.63, 3.8) is 0 Å². The molecular weight excluding hydrogens is 362 g/mol. The fourth-order valence-electron chi connectivity index (χ4n) is 3.96. The van der Waals surface area contributed by atoms with Crippen LogP contribution in [0.1, 0.15) is 24.3 Å². The summed E-state index contributed by atoms with van der Waals surface area (Å²) in [5.41, 5.74) is 2.30. The monoisotopic (exact) mass is 379 g/mol. The Morgan fingerprint density at radius 1 is 1.37 bits per heavy atom. The van der Waals surface area contributed by atoms with E-state index in [9.17, 15) is 4.79 Å². The number of rotatable bonds is 2. The first-order chi connectivity index (χ1) is 13.2. The minimum absolute atomic E-state index is 0.00920. The lowest BCUT2D eigenvalue weighted by Gasteiger charge is -2.37. The largest absolute Gasteiger partial charge is 0.346 e. The highest BCUT2D eigenvalue weighted by Crippen LogP contribution is 2.34. The predicted molar refractivity (Wildman–Crippen MR) is 104 cm³/mol. The normalized spacial score (nSPS) is 20.4. The summed E-state index contributed by atoms with van der Waals surface area (Å²) < 4.78 is 1.88. The van der Waals surface area contributed by atoms with Crippen molar-refractivity contribution in [2.45, 2.75) is 19.4 Å². The molecule has 2 unspecified atom stereocenters. The summed E-state index contributed by atoms with van der Waals surface area (Å²) in [7, 11) is 0. The first kappa shape index (κ1) is 16.1. The summed E-state index contributed by atoms with van der Waals surface area (Å²) in [4.78, 5) is 30.4. The molecule has 1 aliphatic heterocycles. The molecule has 0 radical (unpaired) electrons. The Morgan fingerprint density at radius 2 is 2.26 bits per heavy atom. The van der Waals surface area contributed by atoms with Crippen LogP contribution in [0.15, 0.2) is 29.5 Å². The summed E-state index contributed by atoms with van der Waals surface area (Å²) >= 11 is 1.40. The molecule has 136 valence electrons. The van der Waals surface area contributed by atoms with Crippen LogP contribution in [0.2, 0.25) is 0 Å². The molecule has 0 aliphatic carbocycles. The van der Waals surface area contributed by atoms with Gasteiger partial charge in [-0.05, 0) is 18.4 Å². The van der Waals surface area contributed by atoms with Gasteiger partial charge in [0.05, 0.1) is 29.5 Å². The van der Waals surface area contributed by atoms with Crippen molar-refractivity contribution in [1.82, 2.24) is 24.5 Å². The number of hydrogen-bond donors (Lipinski definition) is 2. The van der Waals surface area contributed by atoms with E-state index < -0.39 is 0 Å². The van der Waals surface area contributed by atoms with Crippen LogP contribution < -0.4 is 10.6 Å². The van der Waals surface area contributed by atoms with Gasteiger partial charge in [-0.15, -0.1) is 0 Å². The molecule has 2 N–H and O–H groups in total. The van der Waals surface area contributed by atoms with Crippen LogP contribution in [0, 0.1) is 17.2 Å². The topological polar surface area (TPSA) is 106 Å². The van der Waals surface area contributed by atoms with E-state index >= 15 is 0 Å². The smallest absolute Gasteiger partial charge is 0.326 e. The van der Waals surface area contributed by atoms with Crippen molar-refractivity contribution < 1.29 is 0 Å². The Morgan fingerprint density at radius 3 is 3.07 bits per heavy atom. The van der Waals surface area contributed by atoms with E-state index in [-0.39, 0.29) is 11.7 Å².